The van der Waals surface area contributed by atoms with Crippen LogP contribution >= 0.6 is 0 Å². The molecule has 3 rings (SSSR count). The second kappa shape index (κ2) is 9.15. The fourth-order valence-electron chi connectivity index (χ4n) is 2.67. The number of hydrogen-bond acceptors (Lipinski definition) is 6. The number of carbonyl (C=O) groups is 2. The first-order chi connectivity index (χ1) is 14.7. The number of aromatic amines is 1. The van der Waals surface area contributed by atoms with Gasteiger partial charge in [0.25, 0.3) is 5.56 Å². The van der Waals surface area contributed by atoms with Crippen LogP contribution in [0.4, 0.5) is 8.78 Å². The van der Waals surface area contributed by atoms with Crippen LogP contribution in [0.3, 0.4) is 0 Å². The third kappa shape index (κ3) is 5.29. The molecule has 162 valence electrons. The molecule has 31 heavy (non-hydrogen) atoms. The van der Waals surface area contributed by atoms with E-state index in [1.807, 2.05) is 0 Å². The van der Waals surface area contributed by atoms with E-state index in [0.29, 0.717) is 22.1 Å². The summed E-state index contributed by atoms with van der Waals surface area (Å²) in [6.07, 6.45) is 0.622. The zero-order valence-corrected chi connectivity index (χ0v) is 16.2. The fraction of sp³-hybridized carbons (Fsp3) is 0.211. The number of amides is 1. The molecule has 0 fully saturated rings. The highest BCUT2D eigenvalue weighted by atomic mass is 19.1. The van der Waals surface area contributed by atoms with Crippen molar-refractivity contribution in [3.8, 4) is 5.69 Å². The molecule has 0 saturated carbocycles. The van der Waals surface area contributed by atoms with Crippen molar-refractivity contribution < 1.29 is 23.1 Å². The number of aromatic nitrogens is 4. The molecule has 2 N–H and O–H groups in total. The summed E-state index contributed by atoms with van der Waals surface area (Å²) in [6.45, 7) is 0.839. The lowest BCUT2D eigenvalue weighted by atomic mass is 10.3. The number of hydrogen-bond donors (Lipinski definition) is 2. The van der Waals surface area contributed by atoms with Crippen LogP contribution in [0.15, 0.2) is 46.1 Å². The van der Waals surface area contributed by atoms with E-state index in [4.69, 9.17) is 4.74 Å². The maximum atomic E-state index is 13.5. The molecule has 10 nitrogen and oxygen atoms in total. The largest absolute Gasteiger partial charge is 0.459 e. The van der Waals surface area contributed by atoms with Gasteiger partial charge in [0.15, 0.2) is 5.69 Å². The molecule has 0 radical (unpaired) electrons. The van der Waals surface area contributed by atoms with E-state index >= 15 is 0 Å². The second-order valence-electron chi connectivity index (χ2n) is 6.41. The SMILES string of the molecule is Cc1cc(C(=O)OCCNC(=O)Cn2cc(F)c(=O)[nH]c2=O)n(-c2cccc(F)c2)n1. The smallest absolute Gasteiger partial charge is 0.357 e. The minimum Gasteiger partial charge on any atom is -0.459 e. The third-order valence-electron chi connectivity index (χ3n) is 4.03. The lowest BCUT2D eigenvalue weighted by Crippen LogP contribution is -2.37. The summed E-state index contributed by atoms with van der Waals surface area (Å²) in [4.78, 5) is 48.5. The van der Waals surface area contributed by atoms with Crippen molar-refractivity contribution in [2.24, 2.45) is 0 Å². The van der Waals surface area contributed by atoms with Gasteiger partial charge in [-0.15, -0.1) is 0 Å². The molecule has 0 bridgehead atoms. The summed E-state index contributed by atoms with van der Waals surface area (Å²) < 4.78 is 33.8. The van der Waals surface area contributed by atoms with Gasteiger partial charge in [-0.1, -0.05) is 6.07 Å². The normalized spacial score (nSPS) is 10.7. The number of nitrogens with zero attached hydrogens (tertiary/aromatic N) is 3. The monoisotopic (exact) mass is 433 g/mol. The number of halogens is 2. The molecule has 0 spiro atoms. The Kier molecular flexibility index (Phi) is 6.38. The zero-order chi connectivity index (χ0) is 22.5. The summed E-state index contributed by atoms with van der Waals surface area (Å²) in [7, 11) is 0. The molecule has 3 aromatic rings. The van der Waals surface area contributed by atoms with Crippen molar-refractivity contribution in [1.29, 1.82) is 0 Å². The first-order valence-electron chi connectivity index (χ1n) is 9.00. The van der Waals surface area contributed by atoms with E-state index in [0.717, 1.165) is 0 Å². The predicted molar refractivity (Wildman–Crippen MR) is 103 cm³/mol. The van der Waals surface area contributed by atoms with Crippen LogP contribution in [0, 0.1) is 18.6 Å². The van der Waals surface area contributed by atoms with Gasteiger partial charge in [0.1, 0.15) is 19.0 Å². The van der Waals surface area contributed by atoms with Crippen LogP contribution < -0.4 is 16.6 Å². The van der Waals surface area contributed by atoms with E-state index in [9.17, 15) is 28.0 Å². The summed E-state index contributed by atoms with van der Waals surface area (Å²) in [6, 6.07) is 7.00. The molecule has 2 aromatic heterocycles. The number of H-pyrrole nitrogens is 1. The molecule has 12 heteroatoms. The predicted octanol–water partition coefficient (Wildman–Crippen LogP) is 0.282. The van der Waals surface area contributed by atoms with Crippen molar-refractivity contribution in [1.82, 2.24) is 24.6 Å². The van der Waals surface area contributed by atoms with Crippen molar-refractivity contribution in [2.45, 2.75) is 13.5 Å². The molecule has 0 atom stereocenters. The number of rotatable bonds is 7. The number of carbonyl (C=O) groups excluding carboxylic acids is 2. The van der Waals surface area contributed by atoms with Gasteiger partial charge in [-0.05, 0) is 31.2 Å². The average Bonchev–Trinajstić information content (AvgIpc) is 3.11. The fourth-order valence-corrected chi connectivity index (χ4v) is 2.67. The van der Waals surface area contributed by atoms with Crippen LogP contribution in [0.5, 0.6) is 0 Å². The molecule has 0 saturated heterocycles. The Bertz CT molecular complexity index is 1250. The highest BCUT2D eigenvalue weighted by Crippen LogP contribution is 2.14. The molecule has 0 aliphatic heterocycles. The number of benzene rings is 1. The number of nitrogens with one attached hydrogen (secondary N) is 2. The third-order valence-corrected chi connectivity index (χ3v) is 4.03. The van der Waals surface area contributed by atoms with E-state index in [1.165, 1.54) is 28.9 Å². The Labute approximate surface area is 173 Å². The summed E-state index contributed by atoms with van der Waals surface area (Å²) in [5, 5.41) is 6.56. The van der Waals surface area contributed by atoms with Gasteiger partial charge >= 0.3 is 11.7 Å². The van der Waals surface area contributed by atoms with Crippen LogP contribution in [0.25, 0.3) is 5.69 Å². The van der Waals surface area contributed by atoms with E-state index in [-0.39, 0.29) is 18.8 Å². The first kappa shape index (κ1) is 21.6. The van der Waals surface area contributed by atoms with Crippen LogP contribution in [-0.4, -0.2) is 44.4 Å². The van der Waals surface area contributed by atoms with Crippen LogP contribution in [-0.2, 0) is 16.1 Å². The summed E-state index contributed by atoms with van der Waals surface area (Å²) in [5.74, 6) is -3.09. The minimum atomic E-state index is -1.20. The van der Waals surface area contributed by atoms with Crippen LogP contribution in [0.2, 0.25) is 0 Å². The Morgan fingerprint density at radius 3 is 2.74 bits per heavy atom. The van der Waals surface area contributed by atoms with Gasteiger partial charge in [0.05, 0.1) is 24.1 Å². The number of aryl methyl sites for hydroxylation is 1. The molecule has 1 aromatic carbocycles. The Hall–Kier alpha value is -4.09. The zero-order valence-electron chi connectivity index (χ0n) is 16.2. The Balaban J connectivity index is 1.55. The topological polar surface area (TPSA) is 128 Å². The van der Waals surface area contributed by atoms with Gasteiger partial charge in [0.2, 0.25) is 11.7 Å². The summed E-state index contributed by atoms with van der Waals surface area (Å²) in [5.41, 5.74) is -1.19. The highest BCUT2D eigenvalue weighted by molar-refractivity contribution is 5.88. The van der Waals surface area contributed by atoms with E-state index < -0.39 is 41.3 Å². The molecular weight excluding hydrogens is 416 g/mol. The van der Waals surface area contributed by atoms with Gasteiger partial charge in [-0.3, -0.25) is 19.1 Å². The number of ether oxygens (including phenoxy) is 1. The maximum absolute atomic E-state index is 13.5. The first-order valence-corrected chi connectivity index (χ1v) is 9.00. The molecular formula is C19H17F2N5O5. The highest BCUT2D eigenvalue weighted by Gasteiger charge is 2.17. The van der Waals surface area contributed by atoms with E-state index in [2.05, 4.69) is 10.4 Å². The van der Waals surface area contributed by atoms with Gasteiger partial charge in [0, 0.05) is 0 Å². The Morgan fingerprint density at radius 2 is 2.00 bits per heavy atom. The van der Waals surface area contributed by atoms with Crippen molar-refractivity contribution in [2.75, 3.05) is 13.2 Å². The molecule has 2 heterocycles. The van der Waals surface area contributed by atoms with Crippen molar-refractivity contribution in [3.63, 3.8) is 0 Å². The maximum Gasteiger partial charge on any atom is 0.357 e. The molecule has 0 aliphatic rings. The molecule has 1 amide bonds. The van der Waals surface area contributed by atoms with Crippen LogP contribution in [0.1, 0.15) is 16.2 Å². The minimum absolute atomic E-state index is 0.0738. The quantitative estimate of drug-likeness (QED) is 0.407. The van der Waals surface area contributed by atoms with Crippen molar-refractivity contribution >= 4 is 11.9 Å². The Morgan fingerprint density at radius 1 is 1.23 bits per heavy atom. The number of esters is 1. The molecule has 0 aliphatic carbocycles. The van der Waals surface area contributed by atoms with Crippen molar-refractivity contribution in [3.05, 3.63) is 80.4 Å². The second-order valence-corrected chi connectivity index (χ2v) is 6.41. The molecule has 0 unspecified atom stereocenters. The van der Waals surface area contributed by atoms with Gasteiger partial charge in [-0.25, -0.2) is 18.7 Å². The van der Waals surface area contributed by atoms with Gasteiger partial charge < -0.3 is 10.1 Å². The summed E-state index contributed by atoms with van der Waals surface area (Å²) >= 11 is 0. The van der Waals surface area contributed by atoms with Gasteiger partial charge in [-0.2, -0.15) is 9.49 Å². The lowest BCUT2D eigenvalue weighted by Gasteiger charge is -2.09. The average molecular weight is 433 g/mol. The lowest BCUT2D eigenvalue weighted by molar-refractivity contribution is -0.121. The van der Waals surface area contributed by atoms with E-state index in [1.54, 1.807) is 18.0 Å². The standard InChI is InChI=1S/C19H17F2N5O5/c1-11-7-15(26(24-11)13-4-2-3-12(20)8-13)18(29)31-6-5-22-16(27)10-25-9-14(21)17(28)23-19(25)30/h2-4,7-9H,5-6,10H2,1H3,(H,22,27)(H,23,28,30).